The van der Waals surface area contributed by atoms with E-state index in [2.05, 4.69) is 0 Å². The molecule has 0 N–H and O–H groups in total. The summed E-state index contributed by atoms with van der Waals surface area (Å²) in [6.45, 7) is 4.06. The second-order valence-electron chi connectivity index (χ2n) is 11.4. The molecule has 0 spiro atoms. The fraction of sp³-hybridized carbons (Fsp3) is 0.0588. The zero-order valence-corrected chi connectivity index (χ0v) is 33.7. The van der Waals surface area contributed by atoms with Crippen LogP contribution < -0.4 is 9.97 Å². The van der Waals surface area contributed by atoms with Gasteiger partial charge in [0, 0.05) is 44.8 Å². The van der Waals surface area contributed by atoms with Crippen LogP contribution in [0.1, 0.15) is 11.1 Å². The number of aromatic nitrogens is 8. The van der Waals surface area contributed by atoms with Crippen LogP contribution in [-0.4, -0.2) is 29.9 Å². The first kappa shape index (κ1) is 33.1. The van der Waals surface area contributed by atoms with Gasteiger partial charge in [-0.3, -0.25) is 0 Å². The summed E-state index contributed by atoms with van der Waals surface area (Å²) in [4.78, 5) is 39.1. The summed E-state index contributed by atoms with van der Waals surface area (Å²) in [5, 5.41) is 4.51. The van der Waals surface area contributed by atoms with E-state index < -0.39 is 0 Å². The molecule has 2 aliphatic rings. The van der Waals surface area contributed by atoms with Crippen molar-refractivity contribution in [1.29, 1.82) is 0 Å². The first-order valence-electron chi connectivity index (χ1n) is 14.3. The van der Waals surface area contributed by atoms with Gasteiger partial charge in [0.2, 0.25) is 0 Å². The van der Waals surface area contributed by atoms with Gasteiger partial charge in [-0.25, -0.2) is 9.97 Å². The maximum atomic E-state index is 6.50. The molecule has 0 unspecified atom stereocenters. The van der Waals surface area contributed by atoms with Crippen molar-refractivity contribution in [3.8, 4) is 45.6 Å². The molecule has 0 amide bonds. The van der Waals surface area contributed by atoms with Gasteiger partial charge >= 0.3 is 27.3 Å². The molecule has 2 aliphatic heterocycles. The molecule has 0 saturated carbocycles. The summed E-state index contributed by atoms with van der Waals surface area (Å²) >= 11 is 39.0. The van der Waals surface area contributed by atoms with Crippen LogP contribution in [0, 0.1) is 13.8 Å². The molecule has 49 heavy (non-hydrogen) atoms. The number of fused-ring (bicyclic) bond motifs is 20. The summed E-state index contributed by atoms with van der Waals surface area (Å²) in [5.74, 6) is 1.44. The average molecular weight is 860 g/mol. The topological polar surface area (TPSA) is 106 Å². The Hall–Kier alpha value is -3.10. The number of halogens is 6. The quantitative estimate of drug-likeness (QED) is 0.139. The predicted molar refractivity (Wildman–Crippen MR) is 194 cm³/mol. The molecule has 15 heteroatoms. The molecule has 0 radical (unpaired) electrons. The zero-order chi connectivity index (χ0) is 33.2. The molecule has 0 atom stereocenters. The second kappa shape index (κ2) is 12.0. The van der Waals surface area contributed by atoms with E-state index in [0.29, 0.717) is 109 Å². The van der Waals surface area contributed by atoms with Crippen LogP contribution >= 0.6 is 69.6 Å². The van der Waals surface area contributed by atoms with Gasteiger partial charge in [-0.1, -0.05) is 69.6 Å². The van der Waals surface area contributed by atoms with E-state index in [-0.39, 0.29) is 27.3 Å². The van der Waals surface area contributed by atoms with Gasteiger partial charge in [0.25, 0.3) is 0 Å². The average Bonchev–Trinajstić information content (AvgIpc) is 3.74. The third kappa shape index (κ3) is 5.30. The van der Waals surface area contributed by atoms with Crippen LogP contribution in [0.5, 0.6) is 0 Å². The van der Waals surface area contributed by atoms with E-state index in [1.165, 1.54) is 0 Å². The summed E-state index contributed by atoms with van der Waals surface area (Å²) in [5.41, 5.74) is 6.25. The molecule has 0 aliphatic carbocycles. The molecule has 3 aromatic heterocycles. The van der Waals surface area contributed by atoms with Gasteiger partial charge < -0.3 is 29.9 Å². The zero-order valence-electron chi connectivity index (χ0n) is 25.2. The van der Waals surface area contributed by atoms with E-state index in [1.807, 2.05) is 26.0 Å². The number of aryl methyl sites for hydroxylation is 2. The molecule has 234 valence electrons. The van der Waals surface area contributed by atoms with Crippen molar-refractivity contribution >= 4 is 114 Å². The molecule has 9 rings (SSSR count). The van der Waals surface area contributed by atoms with E-state index in [1.54, 1.807) is 36.4 Å². The monoisotopic (exact) mass is 858 g/mol. The Morgan fingerprint density at radius 1 is 0.367 bits per heavy atom. The van der Waals surface area contributed by atoms with E-state index in [4.69, 9.17) is 109 Å². The van der Waals surface area contributed by atoms with Crippen LogP contribution in [0.4, 0.5) is 0 Å². The predicted octanol–water partition coefficient (Wildman–Crippen LogP) is 10.7. The van der Waals surface area contributed by atoms with Crippen LogP contribution in [-0.2, 0) is 27.3 Å². The first-order valence-corrected chi connectivity index (χ1v) is 16.6. The van der Waals surface area contributed by atoms with Crippen molar-refractivity contribution in [2.75, 3.05) is 0 Å². The van der Waals surface area contributed by atoms with Crippen LogP contribution in [0.25, 0.3) is 89.7 Å². The Morgan fingerprint density at radius 3 is 0.898 bits per heavy atom. The smallest absolute Gasteiger partial charge is 0.357 e. The summed E-state index contributed by atoms with van der Waals surface area (Å²) in [7, 11) is 0. The van der Waals surface area contributed by atoms with E-state index in [9.17, 15) is 0 Å². The minimum Gasteiger partial charge on any atom is -0.357 e. The molecule has 5 heterocycles. The second-order valence-corrected chi connectivity index (χ2v) is 13.8. The van der Waals surface area contributed by atoms with Gasteiger partial charge in [0.05, 0.1) is 53.4 Å². The Balaban J connectivity index is 0.00000348. The van der Waals surface area contributed by atoms with Crippen molar-refractivity contribution in [1.82, 2.24) is 39.9 Å². The van der Waals surface area contributed by atoms with Crippen molar-refractivity contribution in [2.24, 2.45) is 0 Å². The van der Waals surface area contributed by atoms with Crippen LogP contribution in [0.3, 0.4) is 0 Å². The molecule has 0 fully saturated rings. The molecular weight excluding hydrogens is 846 g/mol. The minimum atomic E-state index is 0. The minimum absolute atomic E-state index is 0. The number of nitrogens with zero attached hydrogens (tertiary/aromatic N) is 8. The molecule has 8 bridgehead atoms. The number of benzene rings is 4. The SMILES string of the molecule is Cc1cc2c(cc1C)-c1nc-2nc2[n-]c(nc3nc(nc4[n-]c(n1)c1cc(Cl)c(Cl)cc41)-c1cc(Cl)c(Cl)cc1-3)c1cc(Cl)c(Cl)cc21.[Cd+2]. The molecule has 4 aromatic carbocycles. The Labute approximate surface area is 327 Å². The number of hydrogen-bond donors (Lipinski definition) is 0. The van der Waals surface area contributed by atoms with Crippen molar-refractivity contribution in [3.63, 3.8) is 0 Å². The maximum Gasteiger partial charge on any atom is 2.00 e. The van der Waals surface area contributed by atoms with Gasteiger partial charge in [-0.05, 0) is 95.1 Å². The standard InChI is InChI=1S/C34H14Cl6N8.Cd/c1-11-3-13-14(4-12(11)2)28-41-27(13)42-29-15-5-21(35)23(37)7-17(15)31(44-29)46-33-19-9-25(39)26(40)10-20(19)34(48-33)47-32-18-8-24(38)22(36)6-16(18)30(43-28)45-32;/h3-10H,1-2H3;/q-2;+2. The van der Waals surface area contributed by atoms with Gasteiger partial charge in [0.1, 0.15) is 0 Å². The van der Waals surface area contributed by atoms with Crippen LogP contribution in [0.2, 0.25) is 30.1 Å². The third-order valence-electron chi connectivity index (χ3n) is 8.44. The fourth-order valence-electron chi connectivity index (χ4n) is 5.90. The van der Waals surface area contributed by atoms with Gasteiger partial charge in [-0.15, -0.1) is 0 Å². The Kier molecular flexibility index (Phi) is 8.10. The van der Waals surface area contributed by atoms with Crippen LogP contribution in [0.15, 0.2) is 48.5 Å². The number of hydrogen-bond acceptors (Lipinski definition) is 6. The van der Waals surface area contributed by atoms with Crippen molar-refractivity contribution in [2.45, 2.75) is 13.8 Å². The molecule has 7 aromatic rings. The summed E-state index contributed by atoms with van der Waals surface area (Å²) in [6, 6.07) is 14.3. The maximum absolute atomic E-state index is 6.50. The summed E-state index contributed by atoms with van der Waals surface area (Å²) in [6.07, 6.45) is 0. The van der Waals surface area contributed by atoms with Gasteiger partial charge in [-0.2, -0.15) is 0 Å². The summed E-state index contributed by atoms with van der Waals surface area (Å²) < 4.78 is 0. The van der Waals surface area contributed by atoms with Crippen molar-refractivity contribution in [3.05, 3.63) is 89.8 Å². The Morgan fingerprint density at radius 2 is 0.612 bits per heavy atom. The first-order chi connectivity index (χ1) is 23.0. The molecular formula is C34H14CdCl6N8. The van der Waals surface area contributed by atoms with E-state index >= 15 is 0 Å². The molecule has 0 saturated heterocycles. The largest absolute Gasteiger partial charge is 2.00 e. The van der Waals surface area contributed by atoms with Crippen molar-refractivity contribution < 1.29 is 27.3 Å². The number of rotatable bonds is 0. The Bertz CT molecular complexity index is 2430. The fourth-order valence-corrected chi connectivity index (χ4v) is 6.88. The normalized spacial score (nSPS) is 11.9. The third-order valence-corrected chi connectivity index (χ3v) is 10.6. The van der Waals surface area contributed by atoms with E-state index in [0.717, 1.165) is 22.3 Å². The van der Waals surface area contributed by atoms with Gasteiger partial charge in [0.15, 0.2) is 0 Å². The molecule has 8 nitrogen and oxygen atoms in total.